The second kappa shape index (κ2) is 3.72. The molecule has 1 amide bonds. The Bertz CT molecular complexity index is 143. The number of amides is 1. The summed E-state index contributed by atoms with van der Waals surface area (Å²) in [5.74, 6) is 0.225. The largest absolute Gasteiger partial charge is 0.371 e. The highest BCUT2D eigenvalue weighted by molar-refractivity contribution is 5.75. The minimum Gasteiger partial charge on any atom is -0.371 e. The maximum Gasteiger partial charge on any atom is 0.222 e. The van der Waals surface area contributed by atoms with Crippen molar-refractivity contribution in [2.45, 2.75) is 26.4 Å². The number of carbonyl (C=O) groups excluding carboxylic acids is 1. The van der Waals surface area contributed by atoms with Gasteiger partial charge in [-0.25, -0.2) is 0 Å². The monoisotopic (exact) mass is 157 g/mol. The molecule has 64 valence electrons. The number of rotatable bonds is 4. The normalized spacial score (nSPS) is 21.5. The number of hydrogen-bond donors (Lipinski definition) is 0. The maximum atomic E-state index is 11.2. The van der Waals surface area contributed by atoms with E-state index in [0.717, 1.165) is 19.7 Å². The molecule has 1 fully saturated rings. The van der Waals surface area contributed by atoms with Crippen molar-refractivity contribution in [2.75, 3.05) is 19.7 Å². The van der Waals surface area contributed by atoms with Crippen molar-refractivity contribution in [3.63, 3.8) is 0 Å². The van der Waals surface area contributed by atoms with Crippen LogP contribution in [0.2, 0.25) is 0 Å². The van der Waals surface area contributed by atoms with E-state index < -0.39 is 0 Å². The van der Waals surface area contributed by atoms with E-state index in [4.69, 9.17) is 4.74 Å². The summed E-state index contributed by atoms with van der Waals surface area (Å²) in [4.78, 5) is 13.0. The van der Waals surface area contributed by atoms with Crippen LogP contribution in [0, 0.1) is 0 Å². The van der Waals surface area contributed by atoms with Gasteiger partial charge in [-0.3, -0.25) is 4.79 Å². The molecule has 0 saturated carbocycles. The zero-order valence-electron chi connectivity index (χ0n) is 7.17. The first-order valence-corrected chi connectivity index (χ1v) is 4.17. The third kappa shape index (κ3) is 2.50. The van der Waals surface area contributed by atoms with E-state index in [1.165, 1.54) is 0 Å². The van der Waals surface area contributed by atoms with Crippen LogP contribution in [0.3, 0.4) is 0 Å². The zero-order chi connectivity index (χ0) is 8.27. The van der Waals surface area contributed by atoms with Gasteiger partial charge < -0.3 is 9.64 Å². The fourth-order valence-corrected chi connectivity index (χ4v) is 1.05. The molecule has 3 heteroatoms. The van der Waals surface area contributed by atoms with Gasteiger partial charge in [0.15, 0.2) is 0 Å². The lowest BCUT2D eigenvalue weighted by Gasteiger charge is -2.18. The summed E-state index contributed by atoms with van der Waals surface area (Å²) >= 11 is 0. The topological polar surface area (TPSA) is 32.8 Å². The first kappa shape index (κ1) is 8.53. The number of likely N-dealkylation sites (N-methyl/N-ethyl adjacent to an activating group) is 1. The van der Waals surface area contributed by atoms with Gasteiger partial charge in [0, 0.05) is 19.5 Å². The first-order valence-electron chi connectivity index (χ1n) is 4.17. The number of nitrogens with zero attached hydrogens (tertiary/aromatic N) is 1. The van der Waals surface area contributed by atoms with Crippen LogP contribution in [0.25, 0.3) is 0 Å². The van der Waals surface area contributed by atoms with Crippen molar-refractivity contribution in [1.29, 1.82) is 0 Å². The van der Waals surface area contributed by atoms with Crippen molar-refractivity contribution >= 4 is 5.91 Å². The number of ether oxygens (including phenoxy) is 1. The van der Waals surface area contributed by atoms with E-state index in [1.807, 2.05) is 18.7 Å². The van der Waals surface area contributed by atoms with Crippen LogP contribution in [0.1, 0.15) is 20.3 Å². The molecule has 0 N–H and O–H groups in total. The predicted molar refractivity (Wildman–Crippen MR) is 42.3 cm³/mol. The molecular formula is C8H15NO2. The van der Waals surface area contributed by atoms with Crippen LogP contribution >= 0.6 is 0 Å². The quantitative estimate of drug-likeness (QED) is 0.561. The summed E-state index contributed by atoms with van der Waals surface area (Å²) in [6, 6.07) is 0. The van der Waals surface area contributed by atoms with Gasteiger partial charge in [0.1, 0.15) is 0 Å². The van der Waals surface area contributed by atoms with Gasteiger partial charge in [-0.15, -0.1) is 0 Å². The van der Waals surface area contributed by atoms with E-state index in [-0.39, 0.29) is 5.91 Å². The Morgan fingerprint density at radius 3 is 2.64 bits per heavy atom. The molecule has 11 heavy (non-hydrogen) atoms. The highest BCUT2D eigenvalue weighted by Crippen LogP contribution is 2.11. The van der Waals surface area contributed by atoms with Gasteiger partial charge >= 0.3 is 0 Å². The van der Waals surface area contributed by atoms with E-state index in [0.29, 0.717) is 12.5 Å². The van der Waals surface area contributed by atoms with E-state index >= 15 is 0 Å². The first-order chi connectivity index (χ1) is 5.27. The Labute approximate surface area is 67.3 Å². The van der Waals surface area contributed by atoms with E-state index in [2.05, 4.69) is 0 Å². The Morgan fingerprint density at radius 1 is 1.64 bits per heavy atom. The molecule has 1 heterocycles. The summed E-state index contributed by atoms with van der Waals surface area (Å²) in [5, 5.41) is 0. The molecule has 1 saturated heterocycles. The molecule has 1 atom stereocenters. The second-order valence-electron chi connectivity index (χ2n) is 2.74. The highest BCUT2D eigenvalue weighted by atomic mass is 16.6. The molecule has 0 aromatic heterocycles. The lowest BCUT2D eigenvalue weighted by Crippen LogP contribution is -2.33. The van der Waals surface area contributed by atoms with Gasteiger partial charge in [0.05, 0.1) is 12.7 Å². The number of carbonyl (C=O) groups is 1. The van der Waals surface area contributed by atoms with Gasteiger partial charge in [-0.05, 0) is 6.92 Å². The minimum atomic E-state index is 0.225. The third-order valence-electron chi connectivity index (χ3n) is 1.86. The molecule has 0 aliphatic carbocycles. The fourth-order valence-electron chi connectivity index (χ4n) is 1.05. The van der Waals surface area contributed by atoms with Crippen LogP contribution in [0.15, 0.2) is 0 Å². The molecule has 3 nitrogen and oxygen atoms in total. The van der Waals surface area contributed by atoms with Crippen molar-refractivity contribution in [1.82, 2.24) is 4.90 Å². The predicted octanol–water partition coefficient (Wildman–Crippen LogP) is 0.644. The van der Waals surface area contributed by atoms with Crippen molar-refractivity contribution in [3.05, 3.63) is 0 Å². The van der Waals surface area contributed by atoms with Crippen LogP contribution in [0.5, 0.6) is 0 Å². The molecule has 1 aliphatic heterocycles. The molecule has 0 aromatic carbocycles. The Kier molecular flexibility index (Phi) is 2.88. The Morgan fingerprint density at radius 2 is 2.27 bits per heavy atom. The summed E-state index contributed by atoms with van der Waals surface area (Å²) in [5.41, 5.74) is 0. The summed E-state index contributed by atoms with van der Waals surface area (Å²) in [7, 11) is 0. The molecular weight excluding hydrogens is 142 g/mol. The number of epoxide rings is 1. The lowest BCUT2D eigenvalue weighted by atomic mass is 10.3. The highest BCUT2D eigenvalue weighted by Gasteiger charge is 2.26. The maximum absolute atomic E-state index is 11.2. The van der Waals surface area contributed by atoms with Crippen LogP contribution in [-0.4, -0.2) is 36.6 Å². The Hall–Kier alpha value is -0.570. The van der Waals surface area contributed by atoms with Crippen LogP contribution in [-0.2, 0) is 9.53 Å². The van der Waals surface area contributed by atoms with Gasteiger partial charge in [-0.2, -0.15) is 0 Å². The van der Waals surface area contributed by atoms with Crippen molar-refractivity contribution < 1.29 is 9.53 Å². The van der Waals surface area contributed by atoms with E-state index in [9.17, 15) is 4.79 Å². The van der Waals surface area contributed by atoms with Crippen LogP contribution < -0.4 is 0 Å². The standard InChI is InChI=1S/C8H15NO2/c1-3-8(10)9(4-2)5-7-6-11-7/h7H,3-6H2,1-2H3. The minimum absolute atomic E-state index is 0.225. The molecule has 1 unspecified atom stereocenters. The smallest absolute Gasteiger partial charge is 0.222 e. The van der Waals surface area contributed by atoms with Crippen molar-refractivity contribution in [2.24, 2.45) is 0 Å². The number of hydrogen-bond acceptors (Lipinski definition) is 2. The fraction of sp³-hybridized carbons (Fsp3) is 0.875. The zero-order valence-corrected chi connectivity index (χ0v) is 7.17. The van der Waals surface area contributed by atoms with Crippen molar-refractivity contribution in [3.8, 4) is 0 Å². The average molecular weight is 157 g/mol. The Balaban J connectivity index is 2.27. The summed E-state index contributed by atoms with van der Waals surface area (Å²) < 4.78 is 5.04. The van der Waals surface area contributed by atoms with E-state index in [1.54, 1.807) is 0 Å². The molecule has 0 bridgehead atoms. The molecule has 0 aromatic rings. The molecule has 1 aliphatic rings. The SMILES string of the molecule is CCC(=O)N(CC)CC1CO1. The second-order valence-corrected chi connectivity index (χ2v) is 2.74. The van der Waals surface area contributed by atoms with Gasteiger partial charge in [0.2, 0.25) is 5.91 Å². The van der Waals surface area contributed by atoms with Gasteiger partial charge in [0.25, 0.3) is 0 Å². The third-order valence-corrected chi connectivity index (χ3v) is 1.86. The average Bonchev–Trinajstić information content (AvgIpc) is 2.82. The van der Waals surface area contributed by atoms with Crippen LogP contribution in [0.4, 0.5) is 0 Å². The molecule has 0 radical (unpaired) electrons. The van der Waals surface area contributed by atoms with Gasteiger partial charge in [-0.1, -0.05) is 6.92 Å². The summed E-state index contributed by atoms with van der Waals surface area (Å²) in [6.07, 6.45) is 0.922. The molecule has 0 spiro atoms. The molecule has 1 rings (SSSR count). The summed E-state index contributed by atoms with van der Waals surface area (Å²) in [6.45, 7) is 6.29. The lowest BCUT2D eigenvalue weighted by molar-refractivity contribution is -0.130.